The van der Waals surface area contributed by atoms with Gasteiger partial charge in [-0.15, -0.1) is 11.3 Å². The summed E-state index contributed by atoms with van der Waals surface area (Å²) >= 11 is 1.80. The first kappa shape index (κ1) is 15.3. The van der Waals surface area contributed by atoms with Crippen LogP contribution in [0.2, 0.25) is 0 Å². The summed E-state index contributed by atoms with van der Waals surface area (Å²) in [5, 5.41) is 8.11. The molecule has 0 aromatic carbocycles. The number of aliphatic imine (C=N–C) groups is 1. The van der Waals surface area contributed by atoms with Crippen LogP contribution in [0.3, 0.4) is 0 Å². The van der Waals surface area contributed by atoms with E-state index in [2.05, 4.69) is 34.5 Å². The summed E-state index contributed by atoms with van der Waals surface area (Å²) in [6.45, 7) is 5.07. The molecule has 20 heavy (non-hydrogen) atoms. The predicted molar refractivity (Wildman–Crippen MR) is 86.7 cm³/mol. The molecule has 0 saturated heterocycles. The maximum Gasteiger partial charge on any atom is 0.191 e. The number of hydrogen-bond acceptors (Lipinski definition) is 3. The minimum atomic E-state index is 0.599. The molecule has 1 aromatic rings. The highest BCUT2D eigenvalue weighted by atomic mass is 32.1. The Kier molecular flexibility index (Phi) is 5.83. The highest BCUT2D eigenvalue weighted by molar-refractivity contribution is 7.11. The molecule has 0 amide bonds. The number of nitrogens with one attached hydrogen (secondary N) is 2. The van der Waals surface area contributed by atoms with Crippen molar-refractivity contribution in [1.82, 2.24) is 15.6 Å². The molecule has 0 radical (unpaired) electrons. The van der Waals surface area contributed by atoms with Crippen LogP contribution in [0.1, 0.15) is 47.7 Å². The molecular weight excluding hydrogens is 268 g/mol. The van der Waals surface area contributed by atoms with E-state index in [1.54, 1.807) is 11.3 Å². The van der Waals surface area contributed by atoms with Crippen LogP contribution in [0.25, 0.3) is 0 Å². The van der Waals surface area contributed by atoms with Gasteiger partial charge in [0.1, 0.15) is 0 Å². The number of rotatable bonds is 4. The number of aromatic nitrogens is 1. The average Bonchev–Trinajstić information content (AvgIpc) is 2.77. The van der Waals surface area contributed by atoms with Crippen molar-refractivity contribution in [3.8, 4) is 0 Å². The molecule has 2 rings (SSSR count). The second-order valence-electron chi connectivity index (χ2n) is 5.47. The molecule has 1 saturated carbocycles. The zero-order chi connectivity index (χ0) is 14.4. The SMILES string of the molecule is CN=C(NCCc1sc(C)nc1C)NC1CCCCC1. The van der Waals surface area contributed by atoms with E-state index in [0.29, 0.717) is 6.04 Å². The molecule has 5 heteroatoms. The van der Waals surface area contributed by atoms with E-state index < -0.39 is 0 Å². The van der Waals surface area contributed by atoms with Crippen LogP contribution in [0.4, 0.5) is 0 Å². The third kappa shape index (κ3) is 4.47. The zero-order valence-corrected chi connectivity index (χ0v) is 13.6. The van der Waals surface area contributed by atoms with E-state index in [-0.39, 0.29) is 0 Å². The van der Waals surface area contributed by atoms with Crippen molar-refractivity contribution in [3.05, 3.63) is 15.6 Å². The van der Waals surface area contributed by atoms with Gasteiger partial charge in [0.2, 0.25) is 0 Å². The van der Waals surface area contributed by atoms with Crippen molar-refractivity contribution in [2.24, 2.45) is 4.99 Å². The van der Waals surface area contributed by atoms with Gasteiger partial charge in [0, 0.05) is 30.9 Å². The maximum absolute atomic E-state index is 4.47. The minimum absolute atomic E-state index is 0.599. The van der Waals surface area contributed by atoms with Crippen LogP contribution in [0.5, 0.6) is 0 Å². The fourth-order valence-corrected chi connectivity index (χ4v) is 3.67. The highest BCUT2D eigenvalue weighted by Gasteiger charge is 2.14. The van der Waals surface area contributed by atoms with Crippen molar-refractivity contribution in [3.63, 3.8) is 0 Å². The molecule has 1 heterocycles. The van der Waals surface area contributed by atoms with Crippen molar-refractivity contribution in [2.75, 3.05) is 13.6 Å². The third-order valence-corrected chi connectivity index (χ3v) is 4.95. The molecule has 0 bridgehead atoms. The lowest BCUT2D eigenvalue weighted by Crippen LogP contribution is -2.44. The van der Waals surface area contributed by atoms with Gasteiger partial charge >= 0.3 is 0 Å². The van der Waals surface area contributed by atoms with E-state index in [1.807, 2.05) is 7.05 Å². The first-order chi connectivity index (χ1) is 9.69. The lowest BCUT2D eigenvalue weighted by Gasteiger charge is -2.24. The van der Waals surface area contributed by atoms with Gasteiger partial charge in [0.15, 0.2) is 5.96 Å². The highest BCUT2D eigenvalue weighted by Crippen LogP contribution is 2.18. The van der Waals surface area contributed by atoms with Gasteiger partial charge < -0.3 is 10.6 Å². The second-order valence-corrected chi connectivity index (χ2v) is 6.76. The van der Waals surface area contributed by atoms with Crippen molar-refractivity contribution >= 4 is 17.3 Å². The quantitative estimate of drug-likeness (QED) is 0.663. The van der Waals surface area contributed by atoms with Gasteiger partial charge in [-0.1, -0.05) is 19.3 Å². The monoisotopic (exact) mass is 294 g/mol. The zero-order valence-electron chi connectivity index (χ0n) is 12.8. The summed E-state index contributed by atoms with van der Waals surface area (Å²) in [7, 11) is 1.85. The van der Waals surface area contributed by atoms with E-state index in [4.69, 9.17) is 0 Å². The Morgan fingerprint density at radius 2 is 2.05 bits per heavy atom. The lowest BCUT2D eigenvalue weighted by atomic mass is 9.96. The molecule has 1 aromatic heterocycles. The van der Waals surface area contributed by atoms with E-state index in [0.717, 1.165) is 23.9 Å². The molecule has 1 aliphatic carbocycles. The average molecular weight is 294 g/mol. The molecule has 0 spiro atoms. The van der Waals surface area contributed by atoms with Crippen molar-refractivity contribution in [2.45, 2.75) is 58.4 Å². The Labute approximate surface area is 126 Å². The summed E-state index contributed by atoms with van der Waals surface area (Å²) in [6, 6.07) is 0.599. The molecule has 1 aliphatic rings. The number of hydrogen-bond donors (Lipinski definition) is 2. The van der Waals surface area contributed by atoms with Crippen LogP contribution >= 0.6 is 11.3 Å². The molecular formula is C15H26N4S. The third-order valence-electron chi connectivity index (χ3n) is 3.81. The fraction of sp³-hybridized carbons (Fsp3) is 0.733. The van der Waals surface area contributed by atoms with Crippen LogP contribution < -0.4 is 10.6 Å². The maximum atomic E-state index is 4.47. The number of guanidine groups is 1. The van der Waals surface area contributed by atoms with Gasteiger partial charge in [-0.05, 0) is 26.7 Å². The topological polar surface area (TPSA) is 49.3 Å². The predicted octanol–water partition coefficient (Wildman–Crippen LogP) is 2.80. The first-order valence-corrected chi connectivity index (χ1v) is 8.41. The molecule has 0 unspecified atom stereocenters. The summed E-state index contributed by atoms with van der Waals surface area (Å²) in [5.74, 6) is 0.941. The Morgan fingerprint density at radius 3 is 2.65 bits per heavy atom. The van der Waals surface area contributed by atoms with E-state index in [9.17, 15) is 0 Å². The largest absolute Gasteiger partial charge is 0.356 e. The Bertz CT molecular complexity index is 447. The standard InChI is InChI=1S/C15H26N4S/c1-11-14(20-12(2)18-11)9-10-17-15(16-3)19-13-7-5-4-6-8-13/h13H,4-10H2,1-3H3,(H2,16,17,19). The number of thiazole rings is 1. The summed E-state index contributed by atoms with van der Waals surface area (Å²) < 4.78 is 0. The van der Waals surface area contributed by atoms with Gasteiger partial charge in [0.25, 0.3) is 0 Å². The van der Waals surface area contributed by atoms with Crippen molar-refractivity contribution in [1.29, 1.82) is 0 Å². The van der Waals surface area contributed by atoms with Crippen LogP contribution in [-0.2, 0) is 6.42 Å². The van der Waals surface area contributed by atoms with Crippen LogP contribution in [-0.4, -0.2) is 30.6 Å². The molecule has 1 fully saturated rings. The number of nitrogens with zero attached hydrogens (tertiary/aromatic N) is 2. The molecule has 4 nitrogen and oxygen atoms in total. The van der Waals surface area contributed by atoms with Crippen LogP contribution in [0, 0.1) is 13.8 Å². The summed E-state index contributed by atoms with van der Waals surface area (Å²) in [5.41, 5.74) is 1.17. The number of aryl methyl sites for hydroxylation is 2. The summed E-state index contributed by atoms with van der Waals surface area (Å²) in [6.07, 6.45) is 7.63. The molecule has 0 aliphatic heterocycles. The fourth-order valence-electron chi connectivity index (χ4n) is 2.73. The van der Waals surface area contributed by atoms with E-state index in [1.165, 1.54) is 42.7 Å². The first-order valence-electron chi connectivity index (χ1n) is 7.59. The van der Waals surface area contributed by atoms with Gasteiger partial charge in [-0.25, -0.2) is 4.98 Å². The van der Waals surface area contributed by atoms with Gasteiger partial charge in [0.05, 0.1) is 10.7 Å². The minimum Gasteiger partial charge on any atom is -0.356 e. The Balaban J connectivity index is 1.75. The van der Waals surface area contributed by atoms with Gasteiger partial charge in [-0.3, -0.25) is 4.99 Å². The molecule has 2 N–H and O–H groups in total. The smallest absolute Gasteiger partial charge is 0.191 e. The normalized spacial score (nSPS) is 17.2. The Morgan fingerprint density at radius 1 is 1.30 bits per heavy atom. The molecule has 0 atom stereocenters. The summed E-state index contributed by atoms with van der Waals surface area (Å²) in [4.78, 5) is 10.2. The van der Waals surface area contributed by atoms with Crippen LogP contribution in [0.15, 0.2) is 4.99 Å². The van der Waals surface area contributed by atoms with E-state index >= 15 is 0 Å². The van der Waals surface area contributed by atoms with Crippen molar-refractivity contribution < 1.29 is 0 Å². The lowest BCUT2D eigenvalue weighted by molar-refractivity contribution is 0.410. The molecule has 112 valence electrons. The van der Waals surface area contributed by atoms with Gasteiger partial charge in [-0.2, -0.15) is 0 Å². The Hall–Kier alpha value is -1.10. The second kappa shape index (κ2) is 7.62.